The third-order valence-corrected chi connectivity index (χ3v) is 6.26. The van der Waals surface area contributed by atoms with E-state index in [0.717, 1.165) is 11.4 Å². The Bertz CT molecular complexity index is 1310. The van der Waals surface area contributed by atoms with Crippen molar-refractivity contribution in [1.82, 2.24) is 19.3 Å². The van der Waals surface area contributed by atoms with E-state index in [-0.39, 0.29) is 23.9 Å². The topological polar surface area (TPSA) is 91.0 Å². The number of ether oxygens (including phenoxy) is 1. The number of thioether (sulfide) groups is 1. The molecule has 1 unspecified atom stereocenters. The van der Waals surface area contributed by atoms with Crippen LogP contribution in [0.2, 0.25) is 0 Å². The van der Waals surface area contributed by atoms with E-state index in [1.807, 2.05) is 30.3 Å². The van der Waals surface area contributed by atoms with Crippen molar-refractivity contribution in [2.45, 2.75) is 17.6 Å². The van der Waals surface area contributed by atoms with Crippen LogP contribution in [0.25, 0.3) is 16.7 Å². The third-order valence-electron chi connectivity index (χ3n) is 5.17. The molecule has 0 spiro atoms. The number of anilines is 1. The van der Waals surface area contributed by atoms with Crippen LogP contribution in [0.15, 0.2) is 70.7 Å². The van der Waals surface area contributed by atoms with Gasteiger partial charge in [-0.05, 0) is 36.4 Å². The number of nitrogens with zero attached hydrogens (tertiary/aromatic N) is 4. The highest BCUT2D eigenvalue weighted by atomic mass is 32.2. The lowest BCUT2D eigenvalue weighted by atomic mass is 10.2. The molecule has 0 saturated heterocycles. The molecule has 0 fully saturated rings. The van der Waals surface area contributed by atoms with Gasteiger partial charge in [0.15, 0.2) is 10.8 Å². The van der Waals surface area contributed by atoms with Crippen LogP contribution in [0, 0.1) is 0 Å². The standard InChI is InChI=1S/C22H19N5O3S/c1-30-17-9-7-14(8-10-17)24-19(28)11-16-13-31-22-25-20-18(21(29)26(16)22)12-23-27(20)15-5-3-2-4-6-15/h2-10,12,16H,11,13H2,1H3,(H,24,28). The average molecular weight is 433 g/mol. The molecule has 2 aromatic heterocycles. The van der Waals surface area contributed by atoms with Crippen LogP contribution in [0.1, 0.15) is 12.5 Å². The predicted molar refractivity (Wildman–Crippen MR) is 119 cm³/mol. The number of amides is 1. The molecule has 1 aliphatic heterocycles. The second kappa shape index (κ2) is 7.92. The van der Waals surface area contributed by atoms with Gasteiger partial charge in [-0.1, -0.05) is 30.0 Å². The molecule has 1 amide bonds. The zero-order valence-electron chi connectivity index (χ0n) is 16.7. The molecule has 0 bridgehead atoms. The summed E-state index contributed by atoms with van der Waals surface area (Å²) in [7, 11) is 1.59. The number of nitrogens with one attached hydrogen (secondary N) is 1. The van der Waals surface area contributed by atoms with Crippen LogP contribution in [0.3, 0.4) is 0 Å². The Morgan fingerprint density at radius 1 is 1.19 bits per heavy atom. The fraction of sp³-hybridized carbons (Fsp3) is 0.182. The molecule has 31 heavy (non-hydrogen) atoms. The van der Waals surface area contributed by atoms with Gasteiger partial charge in [0, 0.05) is 17.9 Å². The number of hydrogen-bond donors (Lipinski definition) is 1. The first-order valence-electron chi connectivity index (χ1n) is 9.76. The Hall–Kier alpha value is -3.59. The molecule has 4 aromatic rings. The smallest absolute Gasteiger partial charge is 0.265 e. The molecule has 3 heterocycles. The number of rotatable bonds is 5. The van der Waals surface area contributed by atoms with Crippen LogP contribution in [0.4, 0.5) is 5.69 Å². The first-order valence-corrected chi connectivity index (χ1v) is 10.7. The van der Waals surface area contributed by atoms with Gasteiger partial charge in [0.2, 0.25) is 5.91 Å². The van der Waals surface area contributed by atoms with Gasteiger partial charge in [0.05, 0.1) is 25.0 Å². The number of benzene rings is 2. The van der Waals surface area contributed by atoms with Crippen molar-refractivity contribution in [3.8, 4) is 11.4 Å². The second-order valence-electron chi connectivity index (χ2n) is 7.14. The van der Waals surface area contributed by atoms with E-state index in [9.17, 15) is 9.59 Å². The zero-order chi connectivity index (χ0) is 21.4. The van der Waals surface area contributed by atoms with Gasteiger partial charge in [-0.15, -0.1) is 0 Å². The molecule has 2 aromatic carbocycles. The van der Waals surface area contributed by atoms with Crippen molar-refractivity contribution in [2.24, 2.45) is 0 Å². The van der Waals surface area contributed by atoms with E-state index in [1.165, 1.54) is 11.8 Å². The quantitative estimate of drug-likeness (QED) is 0.486. The number of carbonyl (C=O) groups is 1. The predicted octanol–water partition coefficient (Wildman–Crippen LogP) is 3.27. The van der Waals surface area contributed by atoms with Crippen LogP contribution in [-0.4, -0.2) is 38.1 Å². The van der Waals surface area contributed by atoms with E-state index in [0.29, 0.717) is 27.6 Å². The summed E-state index contributed by atoms with van der Waals surface area (Å²) in [5.74, 6) is 1.18. The minimum atomic E-state index is -0.261. The average Bonchev–Trinajstić information content (AvgIpc) is 3.40. The van der Waals surface area contributed by atoms with Crippen molar-refractivity contribution in [3.05, 3.63) is 71.1 Å². The minimum absolute atomic E-state index is 0.157. The Balaban J connectivity index is 1.41. The van der Waals surface area contributed by atoms with Gasteiger partial charge in [-0.25, -0.2) is 9.67 Å². The number of carbonyl (C=O) groups excluding carboxylic acids is 1. The number of hydrogen-bond acceptors (Lipinski definition) is 6. The molecule has 0 radical (unpaired) electrons. The van der Waals surface area contributed by atoms with Gasteiger partial charge in [-0.2, -0.15) is 5.10 Å². The van der Waals surface area contributed by atoms with Crippen molar-refractivity contribution in [2.75, 3.05) is 18.2 Å². The van der Waals surface area contributed by atoms with E-state index < -0.39 is 0 Å². The highest BCUT2D eigenvalue weighted by molar-refractivity contribution is 7.99. The summed E-state index contributed by atoms with van der Waals surface area (Å²) in [6.45, 7) is 0. The fourth-order valence-corrected chi connectivity index (χ4v) is 4.77. The number of aromatic nitrogens is 4. The maximum atomic E-state index is 13.2. The third kappa shape index (κ3) is 3.57. The summed E-state index contributed by atoms with van der Waals surface area (Å²) < 4.78 is 8.42. The number of methoxy groups -OCH3 is 1. The van der Waals surface area contributed by atoms with Crippen molar-refractivity contribution in [1.29, 1.82) is 0 Å². The Morgan fingerprint density at radius 2 is 1.97 bits per heavy atom. The molecule has 5 rings (SSSR count). The highest BCUT2D eigenvalue weighted by Gasteiger charge is 2.29. The van der Waals surface area contributed by atoms with Crippen LogP contribution >= 0.6 is 11.8 Å². The lowest BCUT2D eigenvalue weighted by Gasteiger charge is -2.13. The maximum Gasteiger partial charge on any atom is 0.265 e. The van der Waals surface area contributed by atoms with Gasteiger partial charge in [0.1, 0.15) is 11.1 Å². The van der Waals surface area contributed by atoms with Gasteiger partial charge < -0.3 is 10.1 Å². The normalized spacial score (nSPS) is 15.1. The Kier molecular flexibility index (Phi) is 4.95. The van der Waals surface area contributed by atoms with Crippen molar-refractivity contribution >= 4 is 34.4 Å². The molecule has 1 N–H and O–H groups in total. The summed E-state index contributed by atoms with van der Waals surface area (Å²) in [5, 5.41) is 8.29. The minimum Gasteiger partial charge on any atom is -0.497 e. The molecule has 1 aliphatic rings. The van der Waals surface area contributed by atoms with Gasteiger partial charge in [0.25, 0.3) is 5.56 Å². The lowest BCUT2D eigenvalue weighted by Crippen LogP contribution is -2.27. The molecule has 9 heteroatoms. The van der Waals surface area contributed by atoms with Crippen molar-refractivity contribution < 1.29 is 9.53 Å². The highest BCUT2D eigenvalue weighted by Crippen LogP contribution is 2.33. The van der Waals surface area contributed by atoms with Crippen molar-refractivity contribution in [3.63, 3.8) is 0 Å². The van der Waals surface area contributed by atoms with E-state index in [4.69, 9.17) is 9.72 Å². The largest absolute Gasteiger partial charge is 0.497 e. The van der Waals surface area contributed by atoms with E-state index >= 15 is 0 Å². The summed E-state index contributed by atoms with van der Waals surface area (Å²) in [4.78, 5) is 30.5. The van der Waals surface area contributed by atoms with Gasteiger partial charge >= 0.3 is 0 Å². The van der Waals surface area contributed by atoms with E-state index in [2.05, 4.69) is 10.4 Å². The molecular formula is C22H19N5O3S. The molecule has 8 nitrogen and oxygen atoms in total. The van der Waals surface area contributed by atoms with Crippen LogP contribution < -0.4 is 15.6 Å². The van der Waals surface area contributed by atoms with Crippen LogP contribution in [-0.2, 0) is 4.79 Å². The summed E-state index contributed by atoms with van der Waals surface area (Å²) in [5.41, 5.74) is 1.88. The number of fused-ring (bicyclic) bond motifs is 2. The summed E-state index contributed by atoms with van der Waals surface area (Å²) in [6, 6.07) is 16.4. The molecule has 0 aliphatic carbocycles. The monoisotopic (exact) mass is 433 g/mol. The Labute approximate surface area is 181 Å². The first kappa shape index (κ1) is 19.4. The van der Waals surface area contributed by atoms with E-state index in [1.54, 1.807) is 46.8 Å². The second-order valence-corrected chi connectivity index (χ2v) is 8.13. The summed E-state index contributed by atoms with van der Waals surface area (Å²) in [6.07, 6.45) is 1.73. The number of para-hydroxylation sites is 1. The molecule has 1 atom stereocenters. The SMILES string of the molecule is COc1ccc(NC(=O)CC2CSc3nc4c(cnn4-c4ccccc4)c(=O)n32)cc1. The lowest BCUT2D eigenvalue weighted by molar-refractivity contribution is -0.116. The maximum absolute atomic E-state index is 13.2. The molecular weight excluding hydrogens is 414 g/mol. The fourth-order valence-electron chi connectivity index (χ4n) is 3.64. The van der Waals surface area contributed by atoms with Crippen LogP contribution in [0.5, 0.6) is 5.75 Å². The molecule has 0 saturated carbocycles. The first-order chi connectivity index (χ1) is 15.1. The Morgan fingerprint density at radius 3 is 2.71 bits per heavy atom. The zero-order valence-corrected chi connectivity index (χ0v) is 17.5. The summed E-state index contributed by atoms with van der Waals surface area (Å²) >= 11 is 1.48. The molecule has 156 valence electrons. The van der Waals surface area contributed by atoms with Gasteiger partial charge in [-0.3, -0.25) is 14.2 Å².